The maximum absolute atomic E-state index is 11.6. The Bertz CT molecular complexity index is 529. The largest absolute Gasteiger partial charge is 0.362 e. The van der Waals surface area contributed by atoms with E-state index in [0.717, 1.165) is 4.90 Å². The number of hydrogen-bond acceptors (Lipinski definition) is 5. The summed E-state index contributed by atoms with van der Waals surface area (Å²) in [5.74, 6) is 4.81. The van der Waals surface area contributed by atoms with Gasteiger partial charge in [0.25, 0.3) is 11.8 Å². The second-order valence-electron chi connectivity index (χ2n) is 3.50. The summed E-state index contributed by atoms with van der Waals surface area (Å²) >= 11 is 0. The Morgan fingerprint density at radius 2 is 2.06 bits per heavy atom. The molecule has 1 aromatic heterocycles. The van der Waals surface area contributed by atoms with Gasteiger partial charge >= 0.3 is 0 Å². The predicted molar refractivity (Wildman–Crippen MR) is 63.5 cm³/mol. The fourth-order valence-electron chi connectivity index (χ4n) is 1.51. The van der Waals surface area contributed by atoms with Gasteiger partial charge in [0.05, 0.1) is 6.54 Å². The highest BCUT2D eigenvalue weighted by molar-refractivity contribution is 6.16. The number of amides is 2. The molecule has 2 amide bonds. The lowest BCUT2D eigenvalue weighted by molar-refractivity contribution is -0.138. The van der Waals surface area contributed by atoms with Gasteiger partial charge in [-0.25, -0.2) is 9.88 Å². The third-order valence-corrected chi connectivity index (χ3v) is 2.23. The number of carbonyl (C=O) groups excluding carboxylic acids is 2. The van der Waals surface area contributed by atoms with Crippen molar-refractivity contribution in [3.05, 3.63) is 23.9 Å². The standard InChI is InChI=1S/C12H11N3O3/c13-6-2-4-9-3-1-5-10(14-9)15-11(16)7-18-8-12(15)17/h1,3,5H,6-8,13H2. The molecule has 0 saturated carbocycles. The second-order valence-corrected chi connectivity index (χ2v) is 3.50. The second kappa shape index (κ2) is 5.40. The molecular formula is C12H11N3O3. The van der Waals surface area contributed by atoms with Crippen molar-refractivity contribution in [2.75, 3.05) is 24.7 Å². The average molecular weight is 245 g/mol. The van der Waals surface area contributed by atoms with Crippen LogP contribution in [0.4, 0.5) is 5.82 Å². The number of nitrogens with zero attached hydrogens (tertiary/aromatic N) is 2. The molecular weight excluding hydrogens is 234 g/mol. The monoisotopic (exact) mass is 245 g/mol. The molecule has 2 rings (SSSR count). The van der Waals surface area contributed by atoms with Gasteiger partial charge in [0.15, 0.2) is 0 Å². The summed E-state index contributed by atoms with van der Waals surface area (Å²) in [5.41, 5.74) is 5.73. The summed E-state index contributed by atoms with van der Waals surface area (Å²) < 4.78 is 4.83. The topological polar surface area (TPSA) is 85.5 Å². The van der Waals surface area contributed by atoms with Gasteiger partial charge in [-0.3, -0.25) is 9.59 Å². The first-order valence-corrected chi connectivity index (χ1v) is 5.32. The normalized spacial score (nSPS) is 15.3. The van der Waals surface area contributed by atoms with E-state index in [1.807, 2.05) is 0 Å². The highest BCUT2D eigenvalue weighted by Gasteiger charge is 2.29. The zero-order valence-corrected chi connectivity index (χ0v) is 9.55. The van der Waals surface area contributed by atoms with Crippen LogP contribution in [0.15, 0.2) is 18.2 Å². The van der Waals surface area contributed by atoms with Crippen LogP contribution in [-0.2, 0) is 14.3 Å². The van der Waals surface area contributed by atoms with E-state index in [2.05, 4.69) is 16.8 Å². The molecule has 0 aromatic carbocycles. The van der Waals surface area contributed by atoms with Crippen molar-refractivity contribution in [1.29, 1.82) is 0 Å². The number of pyridine rings is 1. The van der Waals surface area contributed by atoms with Gasteiger partial charge in [0.1, 0.15) is 24.7 Å². The molecule has 0 unspecified atom stereocenters. The quantitative estimate of drug-likeness (QED) is 0.521. The first-order valence-electron chi connectivity index (χ1n) is 5.32. The van der Waals surface area contributed by atoms with Gasteiger partial charge in [-0.15, -0.1) is 0 Å². The fraction of sp³-hybridized carbons (Fsp3) is 0.250. The smallest absolute Gasteiger partial charge is 0.261 e. The van der Waals surface area contributed by atoms with Crippen LogP contribution < -0.4 is 10.6 Å². The number of nitrogens with two attached hydrogens (primary N) is 1. The van der Waals surface area contributed by atoms with E-state index >= 15 is 0 Å². The molecule has 2 N–H and O–H groups in total. The van der Waals surface area contributed by atoms with Crippen molar-refractivity contribution in [1.82, 2.24) is 4.98 Å². The zero-order chi connectivity index (χ0) is 13.0. The summed E-state index contributed by atoms with van der Waals surface area (Å²) in [4.78, 5) is 28.4. The van der Waals surface area contributed by atoms with Crippen molar-refractivity contribution in [2.45, 2.75) is 0 Å². The molecule has 1 saturated heterocycles. The molecule has 0 spiro atoms. The first-order chi connectivity index (χ1) is 8.72. The molecule has 2 heterocycles. The lowest BCUT2D eigenvalue weighted by atomic mass is 10.3. The summed E-state index contributed by atoms with van der Waals surface area (Å²) in [6.45, 7) is -0.0143. The molecule has 1 fully saturated rings. The van der Waals surface area contributed by atoms with Crippen LogP contribution >= 0.6 is 0 Å². The number of morpholine rings is 1. The molecule has 0 bridgehead atoms. The number of carbonyl (C=O) groups is 2. The lowest BCUT2D eigenvalue weighted by Crippen LogP contribution is -2.46. The average Bonchev–Trinajstić information content (AvgIpc) is 2.37. The van der Waals surface area contributed by atoms with E-state index in [1.165, 1.54) is 0 Å². The summed E-state index contributed by atoms with van der Waals surface area (Å²) in [5, 5.41) is 0. The minimum atomic E-state index is -0.428. The minimum absolute atomic E-state index is 0.119. The van der Waals surface area contributed by atoms with Crippen molar-refractivity contribution < 1.29 is 14.3 Å². The molecule has 6 nitrogen and oxygen atoms in total. The van der Waals surface area contributed by atoms with Crippen molar-refractivity contribution in [3.63, 3.8) is 0 Å². The van der Waals surface area contributed by atoms with E-state index in [-0.39, 0.29) is 25.6 Å². The van der Waals surface area contributed by atoms with Crippen LogP contribution in [0.5, 0.6) is 0 Å². The van der Waals surface area contributed by atoms with Crippen LogP contribution in [0, 0.1) is 11.8 Å². The maximum Gasteiger partial charge on any atom is 0.261 e. The number of anilines is 1. The van der Waals surface area contributed by atoms with Gasteiger partial charge in [-0.1, -0.05) is 12.0 Å². The summed E-state index contributed by atoms with van der Waals surface area (Å²) in [6, 6.07) is 4.94. The molecule has 0 radical (unpaired) electrons. The molecule has 0 atom stereocenters. The molecule has 6 heteroatoms. The number of rotatable bonds is 1. The molecule has 92 valence electrons. The number of imide groups is 1. The molecule has 0 aliphatic carbocycles. The SMILES string of the molecule is NCC#Cc1cccc(N2C(=O)COCC2=O)n1. The van der Waals surface area contributed by atoms with Crippen LogP contribution in [0.3, 0.4) is 0 Å². The Morgan fingerprint density at radius 3 is 2.72 bits per heavy atom. The van der Waals surface area contributed by atoms with Gasteiger partial charge in [0, 0.05) is 0 Å². The van der Waals surface area contributed by atoms with Gasteiger partial charge in [-0.05, 0) is 18.1 Å². The number of ether oxygens (including phenoxy) is 1. The first kappa shape index (κ1) is 12.2. The maximum atomic E-state index is 11.6. The predicted octanol–water partition coefficient (Wildman–Crippen LogP) is -0.718. The molecule has 1 aromatic rings. The molecule has 1 aliphatic rings. The van der Waals surface area contributed by atoms with Crippen LogP contribution in [0.25, 0.3) is 0 Å². The van der Waals surface area contributed by atoms with Gasteiger partial charge in [0.2, 0.25) is 0 Å². The number of hydrogen-bond donors (Lipinski definition) is 1. The number of aromatic nitrogens is 1. The molecule has 1 aliphatic heterocycles. The minimum Gasteiger partial charge on any atom is -0.362 e. The zero-order valence-electron chi connectivity index (χ0n) is 9.55. The Kier molecular flexibility index (Phi) is 3.67. The van der Waals surface area contributed by atoms with Crippen molar-refractivity contribution in [3.8, 4) is 11.8 Å². The summed E-state index contributed by atoms with van der Waals surface area (Å²) in [7, 11) is 0. The summed E-state index contributed by atoms with van der Waals surface area (Å²) in [6.07, 6.45) is 0. The van der Waals surface area contributed by atoms with Crippen LogP contribution in [0.2, 0.25) is 0 Å². The van der Waals surface area contributed by atoms with E-state index in [9.17, 15) is 9.59 Å². The van der Waals surface area contributed by atoms with Crippen molar-refractivity contribution in [2.24, 2.45) is 5.73 Å². The highest BCUT2D eigenvalue weighted by atomic mass is 16.5. The third kappa shape index (κ3) is 2.53. The van der Waals surface area contributed by atoms with Crippen LogP contribution in [0.1, 0.15) is 5.69 Å². The van der Waals surface area contributed by atoms with E-state index in [4.69, 9.17) is 10.5 Å². The van der Waals surface area contributed by atoms with E-state index in [0.29, 0.717) is 5.69 Å². The van der Waals surface area contributed by atoms with E-state index in [1.54, 1.807) is 18.2 Å². The molecule has 18 heavy (non-hydrogen) atoms. The Labute approximate surface area is 104 Å². The Balaban J connectivity index is 2.32. The third-order valence-electron chi connectivity index (χ3n) is 2.23. The van der Waals surface area contributed by atoms with Gasteiger partial charge < -0.3 is 10.5 Å². The highest BCUT2D eigenvalue weighted by Crippen LogP contribution is 2.14. The van der Waals surface area contributed by atoms with Crippen molar-refractivity contribution >= 4 is 17.6 Å². The lowest BCUT2D eigenvalue weighted by Gasteiger charge is -2.23. The Morgan fingerprint density at radius 1 is 1.33 bits per heavy atom. The van der Waals surface area contributed by atoms with E-state index < -0.39 is 11.8 Å². The fourth-order valence-corrected chi connectivity index (χ4v) is 1.51. The Hall–Kier alpha value is -2.23. The van der Waals surface area contributed by atoms with Gasteiger partial charge in [-0.2, -0.15) is 0 Å². The van der Waals surface area contributed by atoms with Crippen LogP contribution in [-0.4, -0.2) is 36.6 Å².